The monoisotopic (exact) mass is 781 g/mol. The van der Waals surface area contributed by atoms with Crippen molar-refractivity contribution in [2.24, 2.45) is 26.9 Å². The van der Waals surface area contributed by atoms with Crippen LogP contribution in [-0.4, -0.2) is 72.2 Å². The second-order valence-corrected chi connectivity index (χ2v) is 14.8. The van der Waals surface area contributed by atoms with Crippen LogP contribution in [-0.2, 0) is 39.5 Å². The number of amides is 3. The normalized spacial score (nSPS) is 16.2. The van der Waals surface area contributed by atoms with Crippen molar-refractivity contribution in [1.82, 2.24) is 28.6 Å². The molecule has 0 bridgehead atoms. The fourth-order valence-corrected chi connectivity index (χ4v) is 7.09. The van der Waals surface area contributed by atoms with Crippen LogP contribution in [0.15, 0.2) is 64.7 Å². The fraction of sp³-hybridized carbons (Fsp3) is 0.353. The van der Waals surface area contributed by atoms with E-state index in [1.54, 1.807) is 71.0 Å². The number of aromatic nitrogens is 5. The van der Waals surface area contributed by atoms with E-state index >= 15 is 0 Å². The SMILES string of the molecule is Cc1cn([C@H]2C=C[C@@H](COP(=O)(Nc3cc(C(=O)Nc4cc(C(=O)Nc5cc(C(=O)NCCC(=N)N)n(C)c5)n(C)c4)n(C)c3)OC(C)C)O2)c(=O)[nH]c1=O. The van der Waals surface area contributed by atoms with Gasteiger partial charge in [0.1, 0.15) is 23.2 Å². The maximum atomic E-state index is 13.9. The Kier molecular flexibility index (Phi) is 12.1. The molecular weight excluding hydrogens is 737 g/mol. The maximum absolute atomic E-state index is 13.9. The van der Waals surface area contributed by atoms with E-state index in [0.717, 1.165) is 0 Å². The summed E-state index contributed by atoms with van der Waals surface area (Å²) in [4.78, 5) is 65.3. The molecule has 3 amide bonds. The van der Waals surface area contributed by atoms with Gasteiger partial charge in [-0.15, -0.1) is 0 Å². The zero-order valence-electron chi connectivity index (χ0n) is 31.0. The van der Waals surface area contributed by atoms with E-state index in [2.05, 4.69) is 26.0 Å². The number of carbonyl (C=O) groups is 3. The first kappa shape index (κ1) is 40.2. The molecule has 4 aromatic heterocycles. The summed E-state index contributed by atoms with van der Waals surface area (Å²) >= 11 is 0. The average Bonchev–Trinajstić information content (AvgIpc) is 3.88. The van der Waals surface area contributed by atoms with Crippen molar-refractivity contribution in [1.29, 1.82) is 5.41 Å². The number of ether oxygens (including phenoxy) is 1. The molecular formula is C34H44N11O9P. The number of amidine groups is 1. The van der Waals surface area contributed by atoms with Gasteiger partial charge in [0.25, 0.3) is 23.3 Å². The van der Waals surface area contributed by atoms with E-state index in [9.17, 15) is 28.5 Å². The number of rotatable bonds is 16. The number of aryl methyl sites for hydroxylation is 4. The highest BCUT2D eigenvalue weighted by Crippen LogP contribution is 2.49. The van der Waals surface area contributed by atoms with Crippen LogP contribution in [0.3, 0.4) is 0 Å². The van der Waals surface area contributed by atoms with Crippen molar-refractivity contribution in [2.45, 2.75) is 45.6 Å². The van der Waals surface area contributed by atoms with Gasteiger partial charge in [-0.3, -0.25) is 48.3 Å². The molecule has 20 nitrogen and oxygen atoms in total. The van der Waals surface area contributed by atoms with Crippen LogP contribution in [0, 0.1) is 12.3 Å². The van der Waals surface area contributed by atoms with Gasteiger partial charge in [-0.1, -0.05) is 6.08 Å². The molecule has 5 rings (SSSR count). The third-order valence-electron chi connectivity index (χ3n) is 8.16. The van der Waals surface area contributed by atoms with Gasteiger partial charge in [0.15, 0.2) is 6.23 Å². The molecule has 0 saturated carbocycles. The van der Waals surface area contributed by atoms with Crippen LogP contribution >= 0.6 is 7.75 Å². The number of aromatic amines is 1. The van der Waals surface area contributed by atoms with Crippen LogP contribution in [0.25, 0.3) is 0 Å². The number of anilines is 3. The molecule has 3 atom stereocenters. The Morgan fingerprint density at radius 2 is 1.45 bits per heavy atom. The quantitative estimate of drug-likeness (QED) is 0.0376. The fourth-order valence-electron chi connectivity index (χ4n) is 5.57. The average molecular weight is 782 g/mol. The molecule has 0 aliphatic carbocycles. The highest BCUT2D eigenvalue weighted by Gasteiger charge is 2.31. The smallest absolute Gasteiger partial charge is 0.388 e. The zero-order valence-corrected chi connectivity index (χ0v) is 31.9. The summed E-state index contributed by atoms with van der Waals surface area (Å²) in [6.45, 7) is 4.91. The largest absolute Gasteiger partial charge is 0.433 e. The van der Waals surface area contributed by atoms with Crippen LogP contribution < -0.4 is 38.0 Å². The van der Waals surface area contributed by atoms with Crippen LogP contribution in [0.4, 0.5) is 17.1 Å². The van der Waals surface area contributed by atoms with Gasteiger partial charge < -0.3 is 40.1 Å². The zero-order chi connectivity index (χ0) is 40.2. The Labute approximate surface area is 314 Å². The van der Waals surface area contributed by atoms with Gasteiger partial charge in [0.05, 0.1) is 35.6 Å². The van der Waals surface area contributed by atoms with E-state index in [0.29, 0.717) is 22.6 Å². The first-order chi connectivity index (χ1) is 25.9. The lowest BCUT2D eigenvalue weighted by atomic mass is 10.3. The lowest BCUT2D eigenvalue weighted by molar-refractivity contribution is -0.00891. The molecule has 5 heterocycles. The van der Waals surface area contributed by atoms with Crippen molar-refractivity contribution in [3.05, 3.63) is 98.6 Å². The summed E-state index contributed by atoms with van der Waals surface area (Å²) in [6, 6.07) is 4.46. The molecule has 0 fully saturated rings. The molecule has 1 aliphatic rings. The van der Waals surface area contributed by atoms with E-state index in [1.807, 2.05) is 0 Å². The Hall–Kier alpha value is -5.95. The predicted octanol–water partition coefficient (Wildman–Crippen LogP) is 2.54. The van der Waals surface area contributed by atoms with Gasteiger partial charge >= 0.3 is 13.4 Å². The van der Waals surface area contributed by atoms with Gasteiger partial charge in [-0.05, 0) is 45.0 Å². The molecule has 55 heavy (non-hydrogen) atoms. The summed E-state index contributed by atoms with van der Waals surface area (Å²) in [5.41, 5.74) is 6.17. The van der Waals surface area contributed by atoms with E-state index in [4.69, 9.17) is 24.9 Å². The highest BCUT2D eigenvalue weighted by molar-refractivity contribution is 7.55. The third kappa shape index (κ3) is 9.98. The van der Waals surface area contributed by atoms with Crippen LogP contribution in [0.2, 0.25) is 0 Å². The second kappa shape index (κ2) is 16.6. The van der Waals surface area contributed by atoms with Crippen LogP contribution in [0.1, 0.15) is 63.5 Å². The highest BCUT2D eigenvalue weighted by atomic mass is 31.2. The number of hydrogen-bond acceptors (Lipinski definition) is 10. The van der Waals surface area contributed by atoms with Gasteiger partial charge in [-0.2, -0.15) is 0 Å². The second-order valence-electron chi connectivity index (χ2n) is 13.1. The maximum Gasteiger partial charge on any atom is 0.433 e. The van der Waals surface area contributed by atoms with Gasteiger partial charge in [0, 0.05) is 64.5 Å². The van der Waals surface area contributed by atoms with Crippen LogP contribution in [0.5, 0.6) is 0 Å². The number of nitrogens with two attached hydrogens (primary N) is 1. The molecule has 294 valence electrons. The number of H-pyrrole nitrogens is 1. The van der Waals surface area contributed by atoms with Crippen molar-refractivity contribution in [2.75, 3.05) is 28.9 Å². The molecule has 0 spiro atoms. The van der Waals surface area contributed by atoms with Gasteiger partial charge in [-0.25, -0.2) is 9.36 Å². The minimum absolute atomic E-state index is 0.0455. The summed E-state index contributed by atoms with van der Waals surface area (Å²) in [5.74, 6) is -1.45. The predicted molar refractivity (Wildman–Crippen MR) is 204 cm³/mol. The number of nitrogens with one attached hydrogen (secondary N) is 6. The first-order valence-corrected chi connectivity index (χ1v) is 18.6. The topological polar surface area (TPSA) is 264 Å². The van der Waals surface area contributed by atoms with Crippen molar-refractivity contribution < 1.29 is 32.7 Å². The number of nitrogens with zero attached hydrogens (tertiary/aromatic N) is 4. The number of carbonyl (C=O) groups excluding carboxylic acids is 3. The Balaban J connectivity index is 1.20. The summed E-state index contributed by atoms with van der Waals surface area (Å²) in [7, 11) is 0.873. The molecule has 1 aliphatic heterocycles. The van der Waals surface area contributed by atoms with E-state index in [1.165, 1.54) is 44.3 Å². The Bertz CT molecular complexity index is 2310. The van der Waals surface area contributed by atoms with Gasteiger partial charge in [0.2, 0.25) is 0 Å². The third-order valence-corrected chi connectivity index (χ3v) is 9.88. The molecule has 0 aromatic carbocycles. The van der Waals surface area contributed by atoms with E-state index in [-0.39, 0.29) is 48.4 Å². The molecule has 1 unspecified atom stereocenters. The summed E-state index contributed by atoms with van der Waals surface area (Å²) < 4.78 is 36.9. The number of hydrogen-bond donors (Lipinski definition) is 7. The van der Waals surface area contributed by atoms with Crippen molar-refractivity contribution >= 4 is 48.4 Å². The molecule has 0 saturated heterocycles. The summed E-state index contributed by atoms with van der Waals surface area (Å²) in [5, 5.41) is 18.2. The minimum atomic E-state index is -4.04. The standard InChI is InChI=1S/C34H44N11O9P/c1-19(2)54-55(51,52-18-24-7-8-29(53-24)45-14-20(3)30(46)40-34(45)50)41-23-13-27(44(6)17-23)33(49)39-22-12-26(43(5)16-22)32(48)38-21-11-25(42(4)15-21)31(47)37-10-9-28(35)36/h7-8,11-17,19,24,29H,9-10,18H2,1-6H3,(H3,35,36)(H,37,47)(H,38,48)(H,39,49)(H,41,51)(H,40,46,50)/t24-,29+,55?/m0/s1. The van der Waals surface area contributed by atoms with Crippen molar-refractivity contribution in [3.8, 4) is 0 Å². The molecule has 0 radical (unpaired) electrons. The van der Waals surface area contributed by atoms with E-state index < -0.39 is 49.2 Å². The Morgan fingerprint density at radius 3 is 2.02 bits per heavy atom. The lowest BCUT2D eigenvalue weighted by Gasteiger charge is -2.23. The first-order valence-electron chi connectivity index (χ1n) is 17.0. The lowest BCUT2D eigenvalue weighted by Crippen LogP contribution is -2.33. The molecule has 21 heteroatoms. The van der Waals surface area contributed by atoms with Crippen molar-refractivity contribution in [3.63, 3.8) is 0 Å². The molecule has 4 aromatic rings. The minimum Gasteiger partial charge on any atom is -0.388 e. The summed E-state index contributed by atoms with van der Waals surface area (Å²) in [6.07, 6.45) is 7.48. The molecule has 8 N–H and O–H groups in total. The Morgan fingerprint density at radius 1 is 0.909 bits per heavy atom.